The molecule has 0 aliphatic heterocycles. The van der Waals surface area contributed by atoms with Crippen LogP contribution in [-0.4, -0.2) is 38.4 Å². The van der Waals surface area contributed by atoms with E-state index in [9.17, 15) is 20.0 Å². The molecule has 1 heterocycles. The van der Waals surface area contributed by atoms with E-state index in [1.807, 2.05) is 13.8 Å². The van der Waals surface area contributed by atoms with E-state index in [0.29, 0.717) is 12.3 Å². The summed E-state index contributed by atoms with van der Waals surface area (Å²) in [5, 5.41) is 26.6. The Morgan fingerprint density at radius 1 is 1.57 bits per heavy atom. The largest absolute Gasteiger partial charge is 0.394 e. The van der Waals surface area contributed by atoms with Crippen LogP contribution in [0.15, 0.2) is 12.4 Å². The summed E-state index contributed by atoms with van der Waals surface area (Å²) in [5.74, 6) is -0.0171. The van der Waals surface area contributed by atoms with Gasteiger partial charge in [0.1, 0.15) is 17.9 Å². The van der Waals surface area contributed by atoms with Crippen LogP contribution in [0.3, 0.4) is 0 Å². The van der Waals surface area contributed by atoms with Crippen LogP contribution in [0.1, 0.15) is 34.1 Å². The minimum Gasteiger partial charge on any atom is -0.394 e. The molecule has 0 aliphatic carbocycles. The van der Waals surface area contributed by atoms with E-state index >= 15 is 0 Å². The molecule has 8 nitrogen and oxygen atoms in total. The second-order valence-corrected chi connectivity index (χ2v) is 5.94. The topological polar surface area (TPSA) is 110 Å². The zero-order chi connectivity index (χ0) is 16.2. The highest BCUT2D eigenvalue weighted by Gasteiger charge is 2.33. The maximum absolute atomic E-state index is 12.3. The van der Waals surface area contributed by atoms with Gasteiger partial charge in [-0.3, -0.25) is 19.6 Å². The number of carbonyl (C=O) groups excluding carboxylic acids is 1. The van der Waals surface area contributed by atoms with Gasteiger partial charge in [-0.2, -0.15) is 5.10 Å². The van der Waals surface area contributed by atoms with E-state index in [1.54, 1.807) is 13.8 Å². The van der Waals surface area contributed by atoms with Gasteiger partial charge in [0, 0.05) is 0 Å². The number of amides is 1. The minimum atomic E-state index is -1.08. The third kappa shape index (κ3) is 4.25. The SMILES string of the molecule is CC(C)CC(CO)NC(=O)C(C)(C)n1cc([N+](=O)[O-])cn1. The van der Waals surface area contributed by atoms with Gasteiger partial charge in [0.15, 0.2) is 0 Å². The van der Waals surface area contributed by atoms with Crippen molar-refractivity contribution in [3.05, 3.63) is 22.5 Å². The van der Waals surface area contributed by atoms with Crippen molar-refractivity contribution in [1.29, 1.82) is 0 Å². The van der Waals surface area contributed by atoms with Crippen LogP contribution in [0.25, 0.3) is 0 Å². The van der Waals surface area contributed by atoms with Gasteiger partial charge in [-0.15, -0.1) is 0 Å². The van der Waals surface area contributed by atoms with E-state index < -0.39 is 10.5 Å². The highest BCUT2D eigenvalue weighted by Crippen LogP contribution is 2.19. The van der Waals surface area contributed by atoms with Crippen molar-refractivity contribution in [2.75, 3.05) is 6.61 Å². The van der Waals surface area contributed by atoms with E-state index in [-0.39, 0.29) is 24.2 Å². The second kappa shape index (κ2) is 6.66. The summed E-state index contributed by atoms with van der Waals surface area (Å²) in [6.07, 6.45) is 2.97. The van der Waals surface area contributed by atoms with Crippen molar-refractivity contribution in [3.8, 4) is 0 Å². The van der Waals surface area contributed by atoms with Gasteiger partial charge >= 0.3 is 5.69 Å². The highest BCUT2D eigenvalue weighted by molar-refractivity contribution is 5.83. The number of nitrogens with zero attached hydrogens (tertiary/aromatic N) is 3. The van der Waals surface area contributed by atoms with Crippen molar-refractivity contribution < 1.29 is 14.8 Å². The van der Waals surface area contributed by atoms with Crippen molar-refractivity contribution in [2.24, 2.45) is 5.92 Å². The number of aliphatic hydroxyl groups is 1. The van der Waals surface area contributed by atoms with E-state index in [1.165, 1.54) is 10.9 Å². The number of nitro groups is 1. The van der Waals surface area contributed by atoms with Crippen molar-refractivity contribution >= 4 is 11.6 Å². The molecule has 0 bridgehead atoms. The average molecular weight is 298 g/mol. The lowest BCUT2D eigenvalue weighted by Crippen LogP contribution is -2.49. The van der Waals surface area contributed by atoms with Gasteiger partial charge in [0.25, 0.3) is 0 Å². The molecule has 21 heavy (non-hydrogen) atoms. The van der Waals surface area contributed by atoms with Crippen LogP contribution >= 0.6 is 0 Å². The molecule has 0 fully saturated rings. The molecule has 0 saturated heterocycles. The molecule has 0 spiro atoms. The number of hydrogen-bond donors (Lipinski definition) is 2. The van der Waals surface area contributed by atoms with Gasteiger partial charge in [0.05, 0.1) is 17.6 Å². The third-order valence-electron chi connectivity index (χ3n) is 3.22. The molecule has 1 atom stereocenters. The first-order chi connectivity index (χ1) is 9.68. The standard InChI is InChI=1S/C13H22N4O4/c1-9(2)5-10(8-18)15-12(19)13(3,4)16-7-11(6-14-16)17(20)21/h6-7,9-10,18H,5,8H2,1-4H3,(H,15,19). The fourth-order valence-electron chi connectivity index (χ4n) is 1.93. The molecule has 0 aromatic carbocycles. The molecule has 1 aromatic rings. The summed E-state index contributed by atoms with van der Waals surface area (Å²) in [6.45, 7) is 7.07. The highest BCUT2D eigenvalue weighted by atomic mass is 16.6. The maximum atomic E-state index is 12.3. The average Bonchev–Trinajstić information content (AvgIpc) is 2.87. The van der Waals surface area contributed by atoms with E-state index in [2.05, 4.69) is 10.4 Å². The summed E-state index contributed by atoms with van der Waals surface area (Å²) in [7, 11) is 0. The lowest BCUT2D eigenvalue weighted by molar-refractivity contribution is -0.385. The Morgan fingerprint density at radius 2 is 2.19 bits per heavy atom. The summed E-state index contributed by atoms with van der Waals surface area (Å²) < 4.78 is 1.25. The van der Waals surface area contributed by atoms with Gasteiger partial charge in [0.2, 0.25) is 5.91 Å². The Kier molecular flexibility index (Phi) is 5.42. The zero-order valence-corrected chi connectivity index (χ0v) is 12.7. The van der Waals surface area contributed by atoms with Gasteiger partial charge in [-0.25, -0.2) is 0 Å². The quantitative estimate of drug-likeness (QED) is 0.577. The van der Waals surface area contributed by atoms with Crippen LogP contribution < -0.4 is 5.32 Å². The second-order valence-electron chi connectivity index (χ2n) is 5.94. The molecule has 1 amide bonds. The van der Waals surface area contributed by atoms with Crippen LogP contribution in [-0.2, 0) is 10.3 Å². The smallest absolute Gasteiger partial charge is 0.307 e. The molecule has 2 N–H and O–H groups in total. The maximum Gasteiger partial charge on any atom is 0.307 e. The van der Waals surface area contributed by atoms with Gasteiger partial charge in [-0.05, 0) is 26.2 Å². The Morgan fingerprint density at radius 3 is 2.62 bits per heavy atom. The van der Waals surface area contributed by atoms with Crippen LogP contribution in [0, 0.1) is 16.0 Å². The number of carbonyl (C=O) groups is 1. The summed E-state index contributed by atoms with van der Waals surface area (Å²) in [6, 6.07) is -0.345. The Bertz CT molecular complexity index is 510. The Balaban J connectivity index is 2.84. The Labute approximate surface area is 123 Å². The fraction of sp³-hybridized carbons (Fsp3) is 0.692. The first-order valence-corrected chi connectivity index (χ1v) is 6.79. The molecule has 8 heteroatoms. The number of hydrogen-bond acceptors (Lipinski definition) is 5. The third-order valence-corrected chi connectivity index (χ3v) is 3.22. The van der Waals surface area contributed by atoms with Crippen LogP contribution in [0.4, 0.5) is 5.69 Å². The van der Waals surface area contributed by atoms with Gasteiger partial charge in [-0.1, -0.05) is 13.8 Å². The zero-order valence-electron chi connectivity index (χ0n) is 12.7. The van der Waals surface area contributed by atoms with E-state index in [4.69, 9.17) is 0 Å². The summed E-state index contributed by atoms with van der Waals surface area (Å²) >= 11 is 0. The lowest BCUT2D eigenvalue weighted by atomic mass is 10.0. The van der Waals surface area contributed by atoms with Crippen molar-refractivity contribution in [2.45, 2.75) is 45.7 Å². The number of rotatable bonds is 7. The number of aromatic nitrogens is 2. The molecule has 1 rings (SSSR count). The molecular formula is C13H22N4O4. The molecule has 0 radical (unpaired) electrons. The molecule has 1 aromatic heterocycles. The minimum absolute atomic E-state index is 0.154. The lowest BCUT2D eigenvalue weighted by Gasteiger charge is -2.27. The monoisotopic (exact) mass is 298 g/mol. The molecule has 0 saturated carbocycles. The van der Waals surface area contributed by atoms with E-state index in [0.717, 1.165) is 6.20 Å². The molecule has 0 aliphatic rings. The van der Waals surface area contributed by atoms with Gasteiger partial charge < -0.3 is 10.4 Å². The molecule has 118 valence electrons. The molecular weight excluding hydrogens is 276 g/mol. The normalized spacial score (nSPS) is 13.2. The van der Waals surface area contributed by atoms with Crippen LogP contribution in [0.2, 0.25) is 0 Å². The first kappa shape index (κ1) is 17.1. The Hall–Kier alpha value is -1.96. The number of aliphatic hydroxyl groups excluding tert-OH is 1. The summed E-state index contributed by atoms with van der Waals surface area (Å²) in [4.78, 5) is 22.5. The molecule has 1 unspecified atom stereocenters. The first-order valence-electron chi connectivity index (χ1n) is 6.79. The number of nitrogens with one attached hydrogen (secondary N) is 1. The predicted octanol–water partition coefficient (Wildman–Crippen LogP) is 1.05. The van der Waals surface area contributed by atoms with Crippen molar-refractivity contribution in [1.82, 2.24) is 15.1 Å². The van der Waals surface area contributed by atoms with Crippen LogP contribution in [0.5, 0.6) is 0 Å². The van der Waals surface area contributed by atoms with Crippen molar-refractivity contribution in [3.63, 3.8) is 0 Å². The predicted molar refractivity (Wildman–Crippen MR) is 76.7 cm³/mol. The fourth-order valence-corrected chi connectivity index (χ4v) is 1.93. The summed E-state index contributed by atoms with van der Waals surface area (Å²) in [5.41, 5.74) is -1.25.